The lowest BCUT2D eigenvalue weighted by Gasteiger charge is -2.36. The van der Waals surface area contributed by atoms with Crippen molar-refractivity contribution in [1.82, 2.24) is 20.6 Å². The summed E-state index contributed by atoms with van der Waals surface area (Å²) in [7, 11) is 0. The SMILES string of the molecule is CC(C)(C)Oc1cc(C(=O)CC(N)=O)ccc1C1=N[C@@H](c2ccc(Cl)cc2)[C@@H](C2=CONC2)N1C(=O)N1CCNC(=O)C1. The summed E-state index contributed by atoms with van der Waals surface area (Å²) in [5.74, 6) is -0.885. The molecule has 0 spiro atoms. The molecular weight excluding hydrogens is 576 g/mol. The van der Waals surface area contributed by atoms with Gasteiger partial charge in [0, 0.05) is 29.2 Å². The number of nitrogens with two attached hydrogens (primary N) is 1. The number of primary amides is 1. The number of hydroxylamine groups is 1. The van der Waals surface area contributed by atoms with E-state index in [-0.39, 0.29) is 18.0 Å². The molecule has 4 N–H and O–H groups in total. The summed E-state index contributed by atoms with van der Waals surface area (Å²) in [6.45, 7) is 6.42. The Hall–Kier alpha value is -4.42. The van der Waals surface area contributed by atoms with Crippen LogP contribution < -0.4 is 21.3 Å². The monoisotopic (exact) mass is 608 g/mol. The van der Waals surface area contributed by atoms with Crippen LogP contribution in [0.25, 0.3) is 0 Å². The van der Waals surface area contributed by atoms with Crippen LogP contribution in [0.1, 0.15) is 54.7 Å². The fraction of sp³-hybridized carbons (Fsp3) is 0.367. The first-order valence-corrected chi connectivity index (χ1v) is 14.2. The van der Waals surface area contributed by atoms with Crippen molar-refractivity contribution in [3.05, 3.63) is 76.0 Å². The van der Waals surface area contributed by atoms with Gasteiger partial charge < -0.3 is 25.5 Å². The number of carbonyl (C=O) groups is 4. The number of rotatable bonds is 7. The Labute approximate surface area is 253 Å². The number of nitrogens with zero attached hydrogens (tertiary/aromatic N) is 3. The molecule has 0 unspecified atom stereocenters. The van der Waals surface area contributed by atoms with Crippen LogP contribution in [0.3, 0.4) is 0 Å². The number of aliphatic imine (C=N–C) groups is 1. The number of nitrogens with one attached hydrogen (secondary N) is 2. The van der Waals surface area contributed by atoms with Crippen LogP contribution in [0.5, 0.6) is 5.75 Å². The van der Waals surface area contributed by atoms with Crippen molar-refractivity contribution in [1.29, 1.82) is 0 Å². The third-order valence-corrected chi connectivity index (χ3v) is 7.29. The highest BCUT2D eigenvalue weighted by molar-refractivity contribution is 6.30. The molecule has 1 fully saturated rings. The number of halogens is 1. The van der Waals surface area contributed by atoms with Crippen molar-refractivity contribution >= 4 is 41.1 Å². The molecule has 226 valence electrons. The van der Waals surface area contributed by atoms with E-state index >= 15 is 0 Å². The van der Waals surface area contributed by atoms with Crippen LogP contribution in [0.4, 0.5) is 4.79 Å². The maximum atomic E-state index is 14.4. The lowest BCUT2D eigenvalue weighted by atomic mass is 9.94. The van der Waals surface area contributed by atoms with Crippen LogP contribution >= 0.6 is 11.6 Å². The average molecular weight is 609 g/mol. The molecule has 1 saturated heterocycles. The summed E-state index contributed by atoms with van der Waals surface area (Å²) in [4.78, 5) is 64.4. The molecule has 2 aromatic carbocycles. The van der Waals surface area contributed by atoms with Crippen molar-refractivity contribution < 1.29 is 28.8 Å². The van der Waals surface area contributed by atoms with Crippen LogP contribution in [0, 0.1) is 0 Å². The molecule has 43 heavy (non-hydrogen) atoms. The highest BCUT2D eigenvalue weighted by Crippen LogP contribution is 2.41. The first-order valence-electron chi connectivity index (χ1n) is 13.8. The first-order chi connectivity index (χ1) is 20.4. The molecule has 0 saturated carbocycles. The molecule has 3 heterocycles. The minimum atomic E-state index is -0.746. The zero-order valence-electron chi connectivity index (χ0n) is 24.1. The van der Waals surface area contributed by atoms with Gasteiger partial charge >= 0.3 is 6.03 Å². The van der Waals surface area contributed by atoms with Gasteiger partial charge in [0.1, 0.15) is 36.0 Å². The molecule has 0 radical (unpaired) electrons. The van der Waals surface area contributed by atoms with Crippen LogP contribution in [-0.4, -0.2) is 77.1 Å². The fourth-order valence-corrected chi connectivity index (χ4v) is 5.33. The molecule has 3 aliphatic rings. The highest BCUT2D eigenvalue weighted by Gasteiger charge is 2.46. The van der Waals surface area contributed by atoms with Crippen LogP contribution in [-0.2, 0) is 14.4 Å². The Morgan fingerprint density at radius 2 is 1.91 bits per heavy atom. The van der Waals surface area contributed by atoms with Crippen LogP contribution in [0.2, 0.25) is 5.02 Å². The number of urea groups is 1. The second-order valence-corrected chi connectivity index (χ2v) is 11.9. The lowest BCUT2D eigenvalue weighted by Crippen LogP contribution is -2.57. The summed E-state index contributed by atoms with van der Waals surface area (Å²) in [6.07, 6.45) is 1.10. The Balaban J connectivity index is 1.68. The Morgan fingerprint density at radius 3 is 2.53 bits per heavy atom. The first kappa shape index (κ1) is 30.1. The number of amides is 4. The molecule has 4 amide bonds. The van der Waals surface area contributed by atoms with Gasteiger partial charge in [-0.3, -0.25) is 24.3 Å². The van der Waals surface area contributed by atoms with Crippen molar-refractivity contribution in [2.24, 2.45) is 10.7 Å². The van der Waals surface area contributed by atoms with Gasteiger partial charge in [-0.2, -0.15) is 5.48 Å². The molecule has 0 aromatic heterocycles. The molecule has 3 aliphatic heterocycles. The maximum Gasteiger partial charge on any atom is 0.326 e. The molecule has 2 atom stereocenters. The molecule has 0 aliphatic carbocycles. The average Bonchev–Trinajstić information content (AvgIpc) is 3.60. The number of ketones is 1. The number of carbonyl (C=O) groups excluding carboxylic acids is 4. The second kappa shape index (κ2) is 12.1. The van der Waals surface area contributed by atoms with Crippen molar-refractivity contribution in [2.45, 2.75) is 44.9 Å². The van der Waals surface area contributed by atoms with E-state index in [9.17, 15) is 19.2 Å². The van der Waals surface area contributed by atoms with Gasteiger partial charge in [0.05, 0.1) is 24.6 Å². The summed E-state index contributed by atoms with van der Waals surface area (Å²) < 4.78 is 6.32. The fourth-order valence-electron chi connectivity index (χ4n) is 5.20. The number of piperazine rings is 1. The van der Waals surface area contributed by atoms with E-state index in [1.807, 2.05) is 32.9 Å². The minimum Gasteiger partial charge on any atom is -0.487 e. The quantitative estimate of drug-likeness (QED) is 0.322. The van der Waals surface area contributed by atoms with Gasteiger partial charge in [0.15, 0.2) is 5.78 Å². The zero-order valence-corrected chi connectivity index (χ0v) is 24.8. The van der Waals surface area contributed by atoms with Gasteiger partial charge in [-0.1, -0.05) is 29.8 Å². The molecular formula is C30H33ClN6O6. The Bertz CT molecular complexity index is 1520. The van der Waals surface area contributed by atoms with E-state index in [4.69, 9.17) is 31.9 Å². The van der Waals surface area contributed by atoms with Gasteiger partial charge in [-0.05, 0) is 50.6 Å². The number of ether oxygens (including phenoxy) is 1. The number of hydrogen-bond acceptors (Lipinski definition) is 8. The van der Waals surface area contributed by atoms with Gasteiger partial charge in [0.2, 0.25) is 11.8 Å². The van der Waals surface area contributed by atoms with Gasteiger partial charge in [-0.25, -0.2) is 4.79 Å². The number of amidine groups is 1. The molecule has 2 aromatic rings. The van der Waals surface area contributed by atoms with E-state index in [1.165, 1.54) is 11.0 Å². The highest BCUT2D eigenvalue weighted by atomic mass is 35.5. The van der Waals surface area contributed by atoms with E-state index in [1.54, 1.807) is 35.4 Å². The largest absolute Gasteiger partial charge is 0.487 e. The predicted octanol–water partition coefficient (Wildman–Crippen LogP) is 2.72. The van der Waals surface area contributed by atoms with E-state index < -0.39 is 41.8 Å². The standard InChI is InChI=1S/C30H33ClN6O6/c1-30(2,3)43-23-12-18(22(38)13-24(32)39)6-9-21(23)28-35-26(17-4-7-20(31)8-5-17)27(19-14-34-42-16-19)37(28)29(41)36-11-10-33-25(40)15-36/h4-9,12,16,26-27,34H,10-11,13-15H2,1-3H3,(H2,32,39)(H,33,40)/t26-,27+/m0/s1. The molecule has 0 bridgehead atoms. The lowest BCUT2D eigenvalue weighted by molar-refractivity contribution is -0.123. The molecule has 5 rings (SSSR count). The summed E-state index contributed by atoms with van der Waals surface area (Å²) in [6, 6.07) is 10.4. The predicted molar refractivity (Wildman–Crippen MR) is 158 cm³/mol. The van der Waals surface area contributed by atoms with Crippen molar-refractivity contribution in [3.8, 4) is 5.75 Å². The summed E-state index contributed by atoms with van der Waals surface area (Å²) >= 11 is 6.20. The number of benzene rings is 2. The molecule has 12 nitrogen and oxygen atoms in total. The number of Topliss-reactive ketones (excluding diaryl/α,β-unsaturated/α-hetero) is 1. The summed E-state index contributed by atoms with van der Waals surface area (Å²) in [5.41, 5.74) is 9.65. The normalized spacial score (nSPS) is 20.2. The third-order valence-electron chi connectivity index (χ3n) is 7.04. The van der Waals surface area contributed by atoms with E-state index in [0.29, 0.717) is 41.8 Å². The second-order valence-electron chi connectivity index (χ2n) is 11.4. The maximum absolute atomic E-state index is 14.4. The van der Waals surface area contributed by atoms with Crippen LogP contribution in [0.15, 0.2) is 59.3 Å². The topological polar surface area (TPSA) is 156 Å². The van der Waals surface area contributed by atoms with Gasteiger partial charge in [0.25, 0.3) is 0 Å². The van der Waals surface area contributed by atoms with E-state index in [0.717, 1.165) is 11.1 Å². The Morgan fingerprint density at radius 1 is 1.16 bits per heavy atom. The minimum absolute atomic E-state index is 0.110. The van der Waals surface area contributed by atoms with Crippen molar-refractivity contribution in [3.63, 3.8) is 0 Å². The smallest absolute Gasteiger partial charge is 0.326 e. The zero-order chi connectivity index (χ0) is 30.9. The number of hydrogen-bond donors (Lipinski definition) is 3. The Kier molecular flexibility index (Phi) is 8.43. The van der Waals surface area contributed by atoms with E-state index in [2.05, 4.69) is 10.8 Å². The van der Waals surface area contributed by atoms with Gasteiger partial charge in [-0.15, -0.1) is 0 Å². The third kappa shape index (κ3) is 6.65. The molecule has 13 heteroatoms. The van der Waals surface area contributed by atoms with Crippen molar-refractivity contribution in [2.75, 3.05) is 26.2 Å². The summed E-state index contributed by atoms with van der Waals surface area (Å²) in [5, 5.41) is 3.30.